The van der Waals surface area contributed by atoms with Crippen molar-refractivity contribution < 1.29 is 22.7 Å². The number of halogens is 3. The van der Waals surface area contributed by atoms with E-state index >= 15 is 0 Å². The molecule has 1 atom stereocenters. The maximum Gasteiger partial charge on any atom is 0.417 e. The quantitative estimate of drug-likeness (QED) is 0.620. The Balaban J connectivity index is 2.81. The second kappa shape index (κ2) is 6.13. The van der Waals surface area contributed by atoms with Crippen LogP contribution in [0.15, 0.2) is 29.2 Å². The van der Waals surface area contributed by atoms with Gasteiger partial charge in [0.2, 0.25) is 0 Å². The first-order valence-electron chi connectivity index (χ1n) is 5.24. The van der Waals surface area contributed by atoms with Gasteiger partial charge in [0.15, 0.2) is 0 Å². The number of methoxy groups -OCH3 is 1. The Labute approximate surface area is 108 Å². The number of esters is 1. The van der Waals surface area contributed by atoms with Gasteiger partial charge >= 0.3 is 12.1 Å². The lowest BCUT2D eigenvalue weighted by atomic mass is 10.2. The van der Waals surface area contributed by atoms with Crippen LogP contribution in [0.4, 0.5) is 13.2 Å². The van der Waals surface area contributed by atoms with Gasteiger partial charge in [-0.1, -0.05) is 19.1 Å². The van der Waals surface area contributed by atoms with Crippen molar-refractivity contribution in [3.8, 4) is 0 Å². The summed E-state index contributed by atoms with van der Waals surface area (Å²) >= 11 is 1.02. The second-order valence-electron chi connectivity index (χ2n) is 3.70. The van der Waals surface area contributed by atoms with Crippen molar-refractivity contribution in [1.29, 1.82) is 0 Å². The minimum Gasteiger partial charge on any atom is -0.469 e. The number of carbonyl (C=O) groups excluding carboxylic acids is 1. The summed E-state index contributed by atoms with van der Waals surface area (Å²) in [7, 11) is 1.25. The SMILES string of the molecule is COC(=O)CC(C)Sc1ccccc1C(F)(F)F. The molecule has 0 saturated carbocycles. The van der Waals surface area contributed by atoms with Crippen LogP contribution in [0.3, 0.4) is 0 Å². The molecule has 1 unspecified atom stereocenters. The molecule has 100 valence electrons. The molecule has 0 fully saturated rings. The summed E-state index contributed by atoms with van der Waals surface area (Å²) in [5.74, 6) is -0.431. The molecule has 0 radical (unpaired) electrons. The number of carbonyl (C=O) groups is 1. The van der Waals surface area contributed by atoms with E-state index < -0.39 is 17.7 Å². The number of hydrogen-bond acceptors (Lipinski definition) is 3. The van der Waals surface area contributed by atoms with Gasteiger partial charge in [0.25, 0.3) is 0 Å². The number of hydrogen-bond donors (Lipinski definition) is 0. The van der Waals surface area contributed by atoms with Crippen LogP contribution >= 0.6 is 11.8 Å². The minimum absolute atomic E-state index is 0.0767. The molecule has 0 amide bonds. The number of rotatable bonds is 4. The zero-order valence-electron chi connectivity index (χ0n) is 9.95. The van der Waals surface area contributed by atoms with E-state index in [9.17, 15) is 18.0 Å². The van der Waals surface area contributed by atoms with Crippen molar-refractivity contribution in [3.63, 3.8) is 0 Å². The average molecular weight is 278 g/mol. The lowest BCUT2D eigenvalue weighted by Gasteiger charge is -2.15. The third-order valence-electron chi connectivity index (χ3n) is 2.20. The topological polar surface area (TPSA) is 26.3 Å². The molecule has 0 bridgehead atoms. The number of benzene rings is 1. The van der Waals surface area contributed by atoms with E-state index in [2.05, 4.69) is 4.74 Å². The van der Waals surface area contributed by atoms with Crippen LogP contribution in [0.2, 0.25) is 0 Å². The molecule has 18 heavy (non-hydrogen) atoms. The van der Waals surface area contributed by atoms with Gasteiger partial charge in [-0.3, -0.25) is 4.79 Å². The summed E-state index contributed by atoms with van der Waals surface area (Å²) in [6.07, 6.45) is -4.30. The van der Waals surface area contributed by atoms with Crippen molar-refractivity contribution in [1.82, 2.24) is 0 Å². The molecule has 0 aliphatic rings. The highest BCUT2D eigenvalue weighted by Crippen LogP contribution is 2.38. The predicted molar refractivity (Wildman–Crippen MR) is 63.4 cm³/mol. The van der Waals surface area contributed by atoms with E-state index in [4.69, 9.17) is 0 Å². The van der Waals surface area contributed by atoms with Crippen LogP contribution in [-0.4, -0.2) is 18.3 Å². The van der Waals surface area contributed by atoms with E-state index in [-0.39, 0.29) is 16.6 Å². The normalized spacial score (nSPS) is 13.2. The van der Waals surface area contributed by atoms with Gasteiger partial charge in [0, 0.05) is 10.1 Å². The molecule has 2 nitrogen and oxygen atoms in total. The van der Waals surface area contributed by atoms with E-state index in [0.717, 1.165) is 17.8 Å². The molecule has 0 aliphatic carbocycles. The number of alkyl halides is 3. The number of ether oxygens (including phenoxy) is 1. The molecular formula is C12H13F3O2S. The predicted octanol–water partition coefficient (Wildman–Crippen LogP) is 3.75. The Morgan fingerprint density at radius 3 is 2.56 bits per heavy atom. The third-order valence-corrected chi connectivity index (χ3v) is 3.38. The van der Waals surface area contributed by atoms with Gasteiger partial charge in [-0.05, 0) is 12.1 Å². The van der Waals surface area contributed by atoms with Gasteiger partial charge in [-0.15, -0.1) is 11.8 Å². The second-order valence-corrected chi connectivity index (χ2v) is 5.18. The Morgan fingerprint density at radius 1 is 1.39 bits per heavy atom. The van der Waals surface area contributed by atoms with Crippen molar-refractivity contribution >= 4 is 17.7 Å². The smallest absolute Gasteiger partial charge is 0.417 e. The molecule has 0 heterocycles. The Morgan fingerprint density at radius 2 is 2.00 bits per heavy atom. The fourth-order valence-corrected chi connectivity index (χ4v) is 2.50. The zero-order chi connectivity index (χ0) is 13.8. The van der Waals surface area contributed by atoms with Gasteiger partial charge < -0.3 is 4.74 Å². The summed E-state index contributed by atoms with van der Waals surface area (Å²) in [6.45, 7) is 1.69. The maximum atomic E-state index is 12.7. The van der Waals surface area contributed by atoms with Crippen LogP contribution < -0.4 is 0 Å². The molecule has 0 aromatic heterocycles. The van der Waals surface area contributed by atoms with Crippen molar-refractivity contribution in [2.24, 2.45) is 0 Å². The van der Waals surface area contributed by atoms with Crippen LogP contribution in [0.5, 0.6) is 0 Å². The third kappa shape index (κ3) is 4.25. The lowest BCUT2D eigenvalue weighted by molar-refractivity contribution is -0.140. The fraction of sp³-hybridized carbons (Fsp3) is 0.417. The summed E-state index contributed by atoms with van der Waals surface area (Å²) in [5.41, 5.74) is -0.674. The molecule has 0 saturated heterocycles. The first-order chi connectivity index (χ1) is 8.34. The molecule has 1 aromatic rings. The van der Waals surface area contributed by atoms with Crippen LogP contribution in [-0.2, 0) is 15.7 Å². The molecule has 1 aromatic carbocycles. The number of thioether (sulfide) groups is 1. The van der Waals surface area contributed by atoms with Gasteiger partial charge in [0.1, 0.15) is 0 Å². The summed E-state index contributed by atoms with van der Waals surface area (Å²) < 4.78 is 42.6. The molecule has 0 N–H and O–H groups in total. The summed E-state index contributed by atoms with van der Waals surface area (Å²) in [4.78, 5) is 11.2. The molecule has 0 spiro atoms. The Hall–Kier alpha value is -1.17. The van der Waals surface area contributed by atoms with E-state index in [1.165, 1.54) is 19.2 Å². The standard InChI is InChI=1S/C12H13F3O2S/c1-8(7-11(16)17-2)18-10-6-4-3-5-9(10)12(13,14)15/h3-6,8H,7H2,1-2H3. The average Bonchev–Trinajstić information content (AvgIpc) is 2.27. The highest BCUT2D eigenvalue weighted by molar-refractivity contribution is 8.00. The Kier molecular flexibility index (Phi) is 5.07. The summed E-state index contributed by atoms with van der Waals surface area (Å²) in [6, 6.07) is 5.33. The molecule has 0 aliphatic heterocycles. The van der Waals surface area contributed by atoms with Crippen molar-refractivity contribution in [3.05, 3.63) is 29.8 Å². The van der Waals surface area contributed by atoms with Gasteiger partial charge in [0.05, 0.1) is 19.1 Å². The van der Waals surface area contributed by atoms with E-state index in [1.54, 1.807) is 13.0 Å². The van der Waals surface area contributed by atoms with Crippen LogP contribution in [0, 0.1) is 0 Å². The minimum atomic E-state index is -4.38. The largest absolute Gasteiger partial charge is 0.469 e. The van der Waals surface area contributed by atoms with Gasteiger partial charge in [-0.25, -0.2) is 0 Å². The highest BCUT2D eigenvalue weighted by atomic mass is 32.2. The van der Waals surface area contributed by atoms with Crippen LogP contribution in [0.25, 0.3) is 0 Å². The molecule has 1 rings (SSSR count). The van der Waals surface area contributed by atoms with Crippen LogP contribution in [0.1, 0.15) is 18.9 Å². The van der Waals surface area contributed by atoms with Crippen molar-refractivity contribution in [2.75, 3.05) is 7.11 Å². The highest BCUT2D eigenvalue weighted by Gasteiger charge is 2.33. The van der Waals surface area contributed by atoms with E-state index in [1.807, 2.05) is 0 Å². The first kappa shape index (κ1) is 14.9. The monoisotopic (exact) mass is 278 g/mol. The Bertz CT molecular complexity index is 418. The maximum absolute atomic E-state index is 12.7. The lowest BCUT2D eigenvalue weighted by Crippen LogP contribution is -2.11. The molecule has 6 heteroatoms. The summed E-state index contributed by atoms with van der Waals surface area (Å²) in [5, 5.41) is -0.277. The zero-order valence-corrected chi connectivity index (χ0v) is 10.8. The molecular weight excluding hydrogens is 265 g/mol. The van der Waals surface area contributed by atoms with Crippen molar-refractivity contribution in [2.45, 2.75) is 29.7 Å². The fourth-order valence-electron chi connectivity index (χ4n) is 1.38. The first-order valence-corrected chi connectivity index (χ1v) is 6.12. The van der Waals surface area contributed by atoms with E-state index in [0.29, 0.717) is 0 Å². The van der Waals surface area contributed by atoms with Gasteiger partial charge in [-0.2, -0.15) is 13.2 Å².